The Morgan fingerprint density at radius 1 is 1.29 bits per heavy atom. The third-order valence-electron chi connectivity index (χ3n) is 1.71. The van der Waals surface area contributed by atoms with Crippen molar-refractivity contribution in [2.45, 2.75) is 6.18 Å². The third kappa shape index (κ3) is 1.64. The summed E-state index contributed by atoms with van der Waals surface area (Å²) in [6.07, 6.45) is -4.32. The van der Waals surface area contributed by atoms with E-state index in [1.54, 1.807) is 0 Å². The van der Waals surface area contributed by atoms with E-state index in [1.165, 1.54) is 16.8 Å². The topological polar surface area (TPSA) is 12.9 Å². The predicted octanol–water partition coefficient (Wildman–Crippen LogP) is 4.08. The highest BCUT2D eigenvalue weighted by molar-refractivity contribution is 9.10. The normalized spacial score (nSPS) is 12.3. The first-order valence-electron chi connectivity index (χ1n) is 3.58. The maximum absolute atomic E-state index is 12.4. The zero-order chi connectivity index (χ0) is 10.3. The van der Waals surface area contributed by atoms with Crippen molar-refractivity contribution in [1.29, 1.82) is 0 Å². The second-order valence-corrected chi connectivity index (χ2v) is 4.37. The van der Waals surface area contributed by atoms with E-state index in [-0.39, 0.29) is 0 Å². The lowest BCUT2D eigenvalue weighted by molar-refractivity contribution is -0.137. The number of hydrogen-bond acceptors (Lipinski definition) is 2. The quantitative estimate of drug-likeness (QED) is 0.709. The summed E-state index contributed by atoms with van der Waals surface area (Å²) in [7, 11) is 0. The van der Waals surface area contributed by atoms with Crippen molar-refractivity contribution in [2.24, 2.45) is 0 Å². The van der Waals surface area contributed by atoms with Crippen LogP contribution in [0.25, 0.3) is 10.2 Å². The molecule has 0 unspecified atom stereocenters. The molecule has 0 saturated heterocycles. The number of rotatable bonds is 0. The van der Waals surface area contributed by atoms with Gasteiger partial charge < -0.3 is 0 Å². The Morgan fingerprint density at radius 2 is 2.00 bits per heavy atom. The minimum Gasteiger partial charge on any atom is -0.245 e. The molecule has 0 amide bonds. The standard InChI is InChI=1S/C8H3BrF3NS/c9-5-1-4(8(10,11)12)2-6-7(5)14-3-13-6/h1-3H. The molecule has 0 aliphatic heterocycles. The molecular formula is C8H3BrF3NS. The molecule has 0 aliphatic rings. The second kappa shape index (κ2) is 3.20. The molecule has 1 aromatic carbocycles. The van der Waals surface area contributed by atoms with Crippen molar-refractivity contribution >= 4 is 37.5 Å². The molecule has 0 bridgehead atoms. The van der Waals surface area contributed by atoms with Crippen LogP contribution in [0, 0.1) is 0 Å². The highest BCUT2D eigenvalue weighted by atomic mass is 79.9. The van der Waals surface area contributed by atoms with Gasteiger partial charge in [0.1, 0.15) is 0 Å². The van der Waals surface area contributed by atoms with E-state index in [4.69, 9.17) is 0 Å². The SMILES string of the molecule is FC(F)(F)c1cc(Br)c2scnc2c1. The fourth-order valence-electron chi connectivity index (χ4n) is 1.09. The molecule has 0 fully saturated rings. The summed E-state index contributed by atoms with van der Waals surface area (Å²) in [6.45, 7) is 0. The van der Waals surface area contributed by atoms with Crippen molar-refractivity contribution < 1.29 is 13.2 Å². The Balaban J connectivity index is 2.70. The van der Waals surface area contributed by atoms with E-state index in [1.807, 2.05) is 0 Å². The molecule has 0 atom stereocenters. The molecule has 2 aromatic rings. The average molecular weight is 282 g/mol. The number of hydrogen-bond donors (Lipinski definition) is 0. The van der Waals surface area contributed by atoms with Crippen LogP contribution in [0.1, 0.15) is 5.56 Å². The van der Waals surface area contributed by atoms with Gasteiger partial charge >= 0.3 is 6.18 Å². The van der Waals surface area contributed by atoms with E-state index in [0.29, 0.717) is 9.99 Å². The first kappa shape index (κ1) is 9.92. The molecule has 1 nitrogen and oxygen atoms in total. The Kier molecular flexibility index (Phi) is 2.27. The van der Waals surface area contributed by atoms with Crippen molar-refractivity contribution in [1.82, 2.24) is 4.98 Å². The van der Waals surface area contributed by atoms with Crippen LogP contribution in [0.4, 0.5) is 13.2 Å². The number of benzene rings is 1. The predicted molar refractivity (Wildman–Crippen MR) is 52.3 cm³/mol. The fraction of sp³-hybridized carbons (Fsp3) is 0.125. The van der Waals surface area contributed by atoms with Gasteiger partial charge in [-0.1, -0.05) is 0 Å². The van der Waals surface area contributed by atoms with E-state index >= 15 is 0 Å². The number of nitrogens with zero attached hydrogens (tertiary/aromatic N) is 1. The lowest BCUT2D eigenvalue weighted by Gasteiger charge is -2.06. The minimum atomic E-state index is -4.32. The molecule has 1 aromatic heterocycles. The Hall–Kier alpha value is -0.620. The van der Waals surface area contributed by atoms with Crippen LogP contribution >= 0.6 is 27.3 Å². The highest BCUT2D eigenvalue weighted by Gasteiger charge is 2.31. The Bertz CT molecular complexity index is 477. The van der Waals surface area contributed by atoms with Crippen LogP contribution in [-0.4, -0.2) is 4.98 Å². The highest BCUT2D eigenvalue weighted by Crippen LogP contribution is 2.36. The molecular weight excluding hydrogens is 279 g/mol. The molecule has 0 N–H and O–H groups in total. The van der Waals surface area contributed by atoms with Gasteiger partial charge in [-0.05, 0) is 28.1 Å². The van der Waals surface area contributed by atoms with Gasteiger partial charge in [0.15, 0.2) is 0 Å². The van der Waals surface area contributed by atoms with Crippen molar-refractivity contribution in [3.05, 3.63) is 27.7 Å². The first-order valence-corrected chi connectivity index (χ1v) is 5.25. The third-order valence-corrected chi connectivity index (χ3v) is 3.48. The van der Waals surface area contributed by atoms with Gasteiger partial charge in [-0.25, -0.2) is 4.98 Å². The van der Waals surface area contributed by atoms with Gasteiger partial charge in [0.2, 0.25) is 0 Å². The minimum absolute atomic E-state index is 0.372. The van der Waals surface area contributed by atoms with Crippen LogP contribution in [0.3, 0.4) is 0 Å². The number of halogens is 4. The monoisotopic (exact) mass is 281 g/mol. The molecule has 0 saturated carbocycles. The molecule has 14 heavy (non-hydrogen) atoms. The largest absolute Gasteiger partial charge is 0.416 e. The summed E-state index contributed by atoms with van der Waals surface area (Å²) in [6, 6.07) is 2.12. The van der Waals surface area contributed by atoms with E-state index in [9.17, 15) is 13.2 Å². The number of aromatic nitrogens is 1. The van der Waals surface area contributed by atoms with Gasteiger partial charge in [0, 0.05) is 4.47 Å². The smallest absolute Gasteiger partial charge is 0.245 e. The maximum atomic E-state index is 12.4. The summed E-state index contributed by atoms with van der Waals surface area (Å²) in [5.41, 5.74) is 1.22. The van der Waals surface area contributed by atoms with Crippen molar-refractivity contribution in [3.63, 3.8) is 0 Å². The molecule has 1 heterocycles. The van der Waals surface area contributed by atoms with Crippen LogP contribution in [0.5, 0.6) is 0 Å². The summed E-state index contributed by atoms with van der Waals surface area (Å²) >= 11 is 4.40. The first-order chi connectivity index (χ1) is 6.48. The average Bonchev–Trinajstić information content (AvgIpc) is 2.50. The van der Waals surface area contributed by atoms with E-state index in [2.05, 4.69) is 20.9 Å². The second-order valence-electron chi connectivity index (χ2n) is 2.66. The molecule has 0 spiro atoms. The van der Waals surface area contributed by atoms with Crippen LogP contribution in [-0.2, 0) is 6.18 Å². The van der Waals surface area contributed by atoms with E-state index in [0.717, 1.165) is 16.8 Å². The van der Waals surface area contributed by atoms with Crippen molar-refractivity contribution in [3.8, 4) is 0 Å². The summed E-state index contributed by atoms with van der Waals surface area (Å²) < 4.78 is 38.2. The van der Waals surface area contributed by atoms with Gasteiger partial charge in [0.05, 0.1) is 21.3 Å². The number of thiazole rings is 1. The lowest BCUT2D eigenvalue weighted by Crippen LogP contribution is -2.04. The van der Waals surface area contributed by atoms with Crippen LogP contribution in [0.2, 0.25) is 0 Å². The molecule has 0 aliphatic carbocycles. The number of alkyl halides is 3. The molecule has 2 rings (SSSR count). The zero-order valence-corrected chi connectivity index (χ0v) is 9.00. The van der Waals surface area contributed by atoms with E-state index < -0.39 is 11.7 Å². The summed E-state index contributed by atoms with van der Waals surface area (Å²) in [5, 5.41) is 0. The lowest BCUT2D eigenvalue weighted by atomic mass is 10.2. The Labute approximate surface area is 89.7 Å². The summed E-state index contributed by atoms with van der Waals surface area (Å²) in [5.74, 6) is 0. The van der Waals surface area contributed by atoms with Gasteiger partial charge in [-0.15, -0.1) is 11.3 Å². The van der Waals surface area contributed by atoms with Gasteiger partial charge in [0.25, 0.3) is 0 Å². The van der Waals surface area contributed by atoms with Crippen LogP contribution < -0.4 is 0 Å². The zero-order valence-electron chi connectivity index (χ0n) is 6.60. The fourth-order valence-corrected chi connectivity index (χ4v) is 2.50. The molecule has 74 valence electrons. The van der Waals surface area contributed by atoms with Gasteiger partial charge in [-0.3, -0.25) is 0 Å². The number of fused-ring (bicyclic) bond motifs is 1. The maximum Gasteiger partial charge on any atom is 0.416 e. The molecule has 0 radical (unpaired) electrons. The van der Waals surface area contributed by atoms with Crippen molar-refractivity contribution in [2.75, 3.05) is 0 Å². The van der Waals surface area contributed by atoms with Crippen LogP contribution in [0.15, 0.2) is 22.1 Å². The van der Waals surface area contributed by atoms with Gasteiger partial charge in [-0.2, -0.15) is 13.2 Å². The molecule has 6 heteroatoms. The Morgan fingerprint density at radius 3 is 2.64 bits per heavy atom. The summed E-state index contributed by atoms with van der Waals surface area (Å²) in [4.78, 5) is 3.84.